The van der Waals surface area contributed by atoms with E-state index in [1.54, 1.807) is 7.11 Å². The van der Waals surface area contributed by atoms with Crippen molar-refractivity contribution in [3.63, 3.8) is 0 Å². The Morgan fingerprint density at radius 1 is 1.06 bits per heavy atom. The number of aromatic nitrogens is 1. The van der Waals surface area contributed by atoms with Gasteiger partial charge in [0.05, 0.1) is 7.11 Å². The van der Waals surface area contributed by atoms with E-state index in [0.29, 0.717) is 12.2 Å². The molecule has 1 unspecified atom stereocenters. The van der Waals surface area contributed by atoms with E-state index in [2.05, 4.69) is 57.4 Å². The van der Waals surface area contributed by atoms with E-state index >= 15 is 0 Å². The number of carbonyl (C=O) groups excluding carboxylic acids is 2. The Bertz CT molecular complexity index is 1070. The van der Waals surface area contributed by atoms with E-state index in [0.717, 1.165) is 35.4 Å². The van der Waals surface area contributed by atoms with Gasteiger partial charge in [-0.2, -0.15) is 0 Å². The Hall–Kier alpha value is -2.89. The van der Waals surface area contributed by atoms with E-state index in [1.165, 1.54) is 11.1 Å². The van der Waals surface area contributed by atoms with E-state index in [1.807, 2.05) is 12.1 Å². The molecule has 2 N–H and O–H groups in total. The van der Waals surface area contributed by atoms with E-state index in [4.69, 9.17) is 9.72 Å². The van der Waals surface area contributed by atoms with Gasteiger partial charge in [-0.25, -0.2) is 9.78 Å². The van der Waals surface area contributed by atoms with Crippen LogP contribution < -0.4 is 15.4 Å². The lowest BCUT2D eigenvalue weighted by atomic mass is 9.62. The lowest BCUT2D eigenvalue weighted by Gasteiger charge is -2.42. The van der Waals surface area contributed by atoms with E-state index in [-0.39, 0.29) is 16.7 Å². The molecule has 1 aromatic carbocycles. The highest BCUT2D eigenvalue weighted by molar-refractivity contribution is 6.04. The number of nitrogens with one attached hydrogen (secondary N) is 2. The summed E-state index contributed by atoms with van der Waals surface area (Å²) >= 11 is 0. The average Bonchev–Trinajstić information content (AvgIpc) is 3.02. The van der Waals surface area contributed by atoms with Crippen LogP contribution in [-0.2, 0) is 22.0 Å². The Balaban J connectivity index is 1.80. The molecule has 1 aliphatic heterocycles. The summed E-state index contributed by atoms with van der Waals surface area (Å²) in [4.78, 5) is 28.3. The van der Waals surface area contributed by atoms with Crippen LogP contribution in [-0.4, -0.2) is 30.1 Å². The molecule has 31 heavy (non-hydrogen) atoms. The number of methoxy groups -OCH3 is 1. The van der Waals surface area contributed by atoms with Crippen LogP contribution in [0.2, 0.25) is 0 Å². The number of imide groups is 1. The largest absolute Gasteiger partial charge is 0.494 e. The fourth-order valence-electron chi connectivity index (χ4n) is 4.75. The van der Waals surface area contributed by atoms with Crippen molar-refractivity contribution in [2.24, 2.45) is 0 Å². The number of carbonyl (C=O) groups is 2. The second kappa shape index (κ2) is 7.36. The van der Waals surface area contributed by atoms with Crippen LogP contribution in [0, 0.1) is 6.92 Å². The van der Waals surface area contributed by atoms with Crippen molar-refractivity contribution in [3.05, 3.63) is 46.6 Å². The quantitative estimate of drug-likeness (QED) is 0.727. The van der Waals surface area contributed by atoms with Crippen LogP contribution in [0.5, 0.6) is 5.75 Å². The highest BCUT2D eigenvalue weighted by Crippen LogP contribution is 2.48. The summed E-state index contributed by atoms with van der Waals surface area (Å²) in [6.45, 7) is 11.4. The summed E-state index contributed by atoms with van der Waals surface area (Å²) in [6, 6.07) is 7.26. The number of hydrogen-bond donors (Lipinski definition) is 2. The van der Waals surface area contributed by atoms with Gasteiger partial charge in [-0.05, 0) is 65.5 Å². The molecule has 1 saturated heterocycles. The summed E-state index contributed by atoms with van der Waals surface area (Å²) in [5, 5.41) is 4.92. The Labute approximate surface area is 183 Å². The molecular weight excluding hydrogens is 390 g/mol. The van der Waals surface area contributed by atoms with Gasteiger partial charge in [-0.15, -0.1) is 0 Å². The van der Waals surface area contributed by atoms with Gasteiger partial charge in [-0.1, -0.05) is 33.8 Å². The van der Waals surface area contributed by atoms with Crippen LogP contribution in [0.25, 0.3) is 11.3 Å². The van der Waals surface area contributed by atoms with Crippen LogP contribution in [0.1, 0.15) is 62.9 Å². The zero-order valence-corrected chi connectivity index (χ0v) is 19.2. The molecule has 1 fully saturated rings. The fraction of sp³-hybridized carbons (Fsp3) is 0.480. The molecule has 6 heteroatoms. The number of pyridine rings is 1. The maximum absolute atomic E-state index is 12.0. The molecule has 6 nitrogen and oxygen atoms in total. The number of aryl methyl sites for hydroxylation is 1. The first-order chi connectivity index (χ1) is 14.5. The number of nitrogens with zero attached hydrogens (tertiary/aromatic N) is 1. The van der Waals surface area contributed by atoms with Crippen LogP contribution in [0.4, 0.5) is 4.79 Å². The van der Waals surface area contributed by atoms with Gasteiger partial charge in [0.2, 0.25) is 0 Å². The molecule has 4 rings (SSSR count). The van der Waals surface area contributed by atoms with Gasteiger partial charge >= 0.3 is 6.03 Å². The minimum Gasteiger partial charge on any atom is -0.494 e. The van der Waals surface area contributed by atoms with Gasteiger partial charge in [0.15, 0.2) is 0 Å². The number of fused-ring (bicyclic) bond motifs is 1. The van der Waals surface area contributed by atoms with Gasteiger partial charge < -0.3 is 10.1 Å². The normalized spacial score (nSPS) is 21.3. The second-order valence-corrected chi connectivity index (χ2v) is 10.1. The predicted octanol–water partition coefficient (Wildman–Crippen LogP) is 4.17. The topological polar surface area (TPSA) is 80.3 Å². The van der Waals surface area contributed by atoms with Crippen molar-refractivity contribution in [2.75, 3.05) is 7.11 Å². The van der Waals surface area contributed by atoms with Crippen LogP contribution in [0.3, 0.4) is 0 Å². The standard InChI is InChI=1S/C25H31N3O3/c1-14-11-17-18(25(4,5)10-9-24(17,2)3)13-16(14)21-20(31-6)8-7-15(26-21)12-19-22(29)28-23(30)27-19/h7-8,11,13,19H,9-10,12H2,1-6H3,(H2,27,28,29,30). The van der Waals surface area contributed by atoms with Gasteiger partial charge in [0.25, 0.3) is 5.91 Å². The first-order valence-corrected chi connectivity index (χ1v) is 10.8. The molecule has 0 bridgehead atoms. The van der Waals surface area contributed by atoms with Gasteiger partial charge in [0, 0.05) is 17.7 Å². The first-order valence-electron chi connectivity index (χ1n) is 10.8. The molecule has 0 saturated carbocycles. The molecule has 1 atom stereocenters. The molecule has 2 aliphatic rings. The summed E-state index contributed by atoms with van der Waals surface area (Å²) in [7, 11) is 1.64. The summed E-state index contributed by atoms with van der Waals surface area (Å²) < 4.78 is 5.64. The van der Waals surface area contributed by atoms with E-state index < -0.39 is 12.1 Å². The third-order valence-electron chi connectivity index (χ3n) is 6.86. The first kappa shape index (κ1) is 21.3. The Kier molecular flexibility index (Phi) is 5.07. The van der Waals surface area contributed by atoms with Crippen LogP contribution in [0.15, 0.2) is 24.3 Å². The summed E-state index contributed by atoms with van der Waals surface area (Å²) in [6.07, 6.45) is 2.63. The van der Waals surface area contributed by atoms with Gasteiger partial charge in [0.1, 0.15) is 17.5 Å². The highest BCUT2D eigenvalue weighted by atomic mass is 16.5. The maximum atomic E-state index is 12.0. The monoisotopic (exact) mass is 421 g/mol. The number of urea groups is 1. The van der Waals surface area contributed by atoms with E-state index in [9.17, 15) is 9.59 Å². The molecule has 2 heterocycles. The Morgan fingerprint density at radius 2 is 1.71 bits per heavy atom. The smallest absolute Gasteiger partial charge is 0.322 e. The highest BCUT2D eigenvalue weighted by Gasteiger charge is 2.38. The van der Waals surface area contributed by atoms with Crippen molar-refractivity contribution in [1.82, 2.24) is 15.6 Å². The molecule has 3 amide bonds. The molecule has 1 aromatic heterocycles. The summed E-state index contributed by atoms with van der Waals surface area (Å²) in [5.41, 5.74) is 6.69. The number of amides is 3. The zero-order valence-electron chi connectivity index (χ0n) is 19.2. The lowest BCUT2D eigenvalue weighted by molar-refractivity contribution is -0.120. The molecular formula is C25H31N3O3. The van der Waals surface area contributed by atoms with Crippen LogP contribution >= 0.6 is 0 Å². The Morgan fingerprint density at radius 3 is 2.29 bits per heavy atom. The van der Waals surface area contributed by atoms with Gasteiger partial charge in [-0.3, -0.25) is 10.1 Å². The number of hydrogen-bond acceptors (Lipinski definition) is 4. The zero-order chi connectivity index (χ0) is 22.6. The lowest BCUT2D eigenvalue weighted by Crippen LogP contribution is -2.34. The van der Waals surface area contributed by atoms with Crippen molar-refractivity contribution in [2.45, 2.75) is 70.8 Å². The molecule has 164 valence electrons. The molecule has 2 aromatic rings. The third-order valence-corrected chi connectivity index (χ3v) is 6.86. The summed E-state index contributed by atoms with van der Waals surface area (Å²) in [5.74, 6) is 0.373. The third kappa shape index (κ3) is 3.80. The molecule has 1 aliphatic carbocycles. The maximum Gasteiger partial charge on any atom is 0.322 e. The fourth-order valence-corrected chi connectivity index (χ4v) is 4.75. The minimum absolute atomic E-state index is 0.0877. The van der Waals surface area contributed by atoms with Crippen molar-refractivity contribution >= 4 is 11.9 Å². The number of rotatable bonds is 4. The molecule has 0 radical (unpaired) electrons. The predicted molar refractivity (Wildman–Crippen MR) is 120 cm³/mol. The number of benzene rings is 1. The van der Waals surface area contributed by atoms with Crippen molar-refractivity contribution < 1.29 is 14.3 Å². The van der Waals surface area contributed by atoms with Crippen molar-refractivity contribution in [1.29, 1.82) is 0 Å². The SMILES string of the molecule is COc1ccc(CC2NC(=O)NC2=O)nc1-c1cc2c(cc1C)C(C)(C)CCC2(C)C. The molecule has 0 spiro atoms. The van der Waals surface area contributed by atoms with Crippen molar-refractivity contribution in [3.8, 4) is 17.0 Å². The minimum atomic E-state index is -0.606. The average molecular weight is 422 g/mol. The second-order valence-electron chi connectivity index (χ2n) is 10.1. The number of ether oxygens (including phenoxy) is 1.